The van der Waals surface area contributed by atoms with E-state index in [2.05, 4.69) is 20.5 Å². The first kappa shape index (κ1) is 16.4. The summed E-state index contributed by atoms with van der Waals surface area (Å²) in [6, 6.07) is 5.56. The number of thioether (sulfide) groups is 1. The Morgan fingerprint density at radius 1 is 1.42 bits per heavy atom. The summed E-state index contributed by atoms with van der Waals surface area (Å²) in [7, 11) is 1.76. The smallest absolute Gasteiger partial charge is 0.317 e. The second kappa shape index (κ2) is 7.43. The molecule has 24 heavy (non-hydrogen) atoms. The molecular weight excluding hydrogens is 330 g/mol. The number of fused-ring (bicyclic) bond motifs is 1. The van der Waals surface area contributed by atoms with E-state index < -0.39 is 0 Å². The zero-order valence-electron chi connectivity index (χ0n) is 13.5. The minimum Gasteiger partial charge on any atom is -0.454 e. The van der Waals surface area contributed by atoms with Crippen LogP contribution in [0.3, 0.4) is 0 Å². The summed E-state index contributed by atoms with van der Waals surface area (Å²) in [6.07, 6.45) is 0. The molecule has 128 valence electrons. The van der Waals surface area contributed by atoms with Gasteiger partial charge in [0.15, 0.2) is 11.5 Å². The Bertz CT molecular complexity index is 721. The molecule has 2 heterocycles. The third kappa shape index (κ3) is 4.10. The van der Waals surface area contributed by atoms with Gasteiger partial charge in [-0.15, -0.1) is 5.10 Å². The molecule has 0 spiro atoms. The maximum absolute atomic E-state index is 12.1. The summed E-state index contributed by atoms with van der Waals surface area (Å²) < 4.78 is 10.6. The highest BCUT2D eigenvalue weighted by molar-refractivity contribution is 7.99. The molecule has 8 nitrogen and oxygen atoms in total. The molecule has 0 fully saturated rings. The lowest BCUT2D eigenvalue weighted by Gasteiger charge is -2.18. The number of nitrogens with one attached hydrogen (secondary N) is 2. The van der Waals surface area contributed by atoms with Crippen LogP contribution in [-0.2, 0) is 6.54 Å². The van der Waals surface area contributed by atoms with Crippen LogP contribution in [0.4, 0.5) is 4.79 Å². The number of urea groups is 1. The number of ether oxygens (including phenoxy) is 2. The van der Waals surface area contributed by atoms with Gasteiger partial charge in [0.05, 0.1) is 0 Å². The molecule has 2 aromatic rings. The third-order valence-corrected chi connectivity index (χ3v) is 4.24. The molecule has 1 aliphatic rings. The fraction of sp³-hybridized carbons (Fsp3) is 0.400. The van der Waals surface area contributed by atoms with Crippen LogP contribution in [0.15, 0.2) is 23.4 Å². The van der Waals surface area contributed by atoms with Crippen molar-refractivity contribution in [2.24, 2.45) is 0 Å². The Morgan fingerprint density at radius 2 is 2.25 bits per heavy atom. The first-order valence-electron chi connectivity index (χ1n) is 7.51. The maximum Gasteiger partial charge on any atom is 0.317 e. The van der Waals surface area contributed by atoms with Gasteiger partial charge < -0.3 is 19.7 Å². The normalized spacial score (nSPS) is 12.2. The van der Waals surface area contributed by atoms with E-state index in [4.69, 9.17) is 9.47 Å². The van der Waals surface area contributed by atoms with Crippen LogP contribution in [-0.4, -0.2) is 52.3 Å². The molecule has 9 heteroatoms. The van der Waals surface area contributed by atoms with Crippen molar-refractivity contribution in [3.05, 3.63) is 29.6 Å². The molecule has 1 aliphatic heterocycles. The molecule has 0 radical (unpaired) electrons. The number of H-pyrrole nitrogens is 1. The van der Waals surface area contributed by atoms with E-state index in [1.807, 2.05) is 25.1 Å². The van der Waals surface area contributed by atoms with Crippen LogP contribution < -0.4 is 14.8 Å². The lowest BCUT2D eigenvalue weighted by molar-refractivity contribution is 0.174. The van der Waals surface area contributed by atoms with Crippen LogP contribution in [0.5, 0.6) is 11.5 Å². The molecule has 0 unspecified atom stereocenters. The lowest BCUT2D eigenvalue weighted by atomic mass is 10.2. The van der Waals surface area contributed by atoms with Gasteiger partial charge >= 0.3 is 6.03 Å². The molecular formula is C15H19N5O3S. The zero-order valence-corrected chi connectivity index (χ0v) is 14.4. The third-order valence-electron chi connectivity index (χ3n) is 3.39. The molecule has 2 N–H and O–H groups in total. The molecule has 3 rings (SSSR count). The van der Waals surface area contributed by atoms with E-state index in [1.54, 1.807) is 11.9 Å². The second-order valence-electron chi connectivity index (χ2n) is 5.33. The summed E-state index contributed by atoms with van der Waals surface area (Å²) in [5.41, 5.74) is 0.988. The number of amides is 2. The fourth-order valence-corrected chi connectivity index (χ4v) is 2.91. The number of rotatable bonds is 6. The van der Waals surface area contributed by atoms with Crippen LogP contribution >= 0.6 is 11.8 Å². The number of aromatic amines is 1. The highest BCUT2D eigenvalue weighted by Gasteiger charge is 2.15. The van der Waals surface area contributed by atoms with Crippen LogP contribution in [0.25, 0.3) is 0 Å². The van der Waals surface area contributed by atoms with Gasteiger partial charge in [0.1, 0.15) is 5.82 Å². The first-order valence-corrected chi connectivity index (χ1v) is 8.49. The van der Waals surface area contributed by atoms with Crippen LogP contribution in [0.2, 0.25) is 0 Å². The summed E-state index contributed by atoms with van der Waals surface area (Å²) in [5, 5.41) is 10.4. The van der Waals surface area contributed by atoms with E-state index in [9.17, 15) is 4.79 Å². The van der Waals surface area contributed by atoms with Crippen molar-refractivity contribution in [3.8, 4) is 11.5 Å². The van der Waals surface area contributed by atoms with Gasteiger partial charge in [-0.1, -0.05) is 17.8 Å². The Balaban J connectivity index is 1.41. The maximum atomic E-state index is 12.1. The van der Waals surface area contributed by atoms with Crippen LogP contribution in [0.1, 0.15) is 11.4 Å². The zero-order chi connectivity index (χ0) is 16.9. The Hall–Kier alpha value is -2.42. The number of hydrogen-bond donors (Lipinski definition) is 2. The van der Waals surface area contributed by atoms with Gasteiger partial charge in [-0.3, -0.25) is 5.10 Å². The number of aromatic nitrogens is 3. The van der Waals surface area contributed by atoms with Crippen molar-refractivity contribution >= 4 is 17.8 Å². The minimum absolute atomic E-state index is 0.126. The van der Waals surface area contributed by atoms with Crippen molar-refractivity contribution in [2.75, 3.05) is 26.1 Å². The molecule has 0 saturated carbocycles. The standard InChI is InChI=1S/C15H19N5O3S/c1-10-17-14(19-18-10)24-6-5-16-15(21)20(2)8-11-3-4-12-13(7-11)23-9-22-12/h3-4,7H,5-6,8-9H2,1-2H3,(H,16,21)(H,17,18,19). The van der Waals surface area contributed by atoms with Gasteiger partial charge in [-0.2, -0.15) is 0 Å². The van der Waals surface area contributed by atoms with E-state index in [1.165, 1.54) is 11.8 Å². The van der Waals surface area contributed by atoms with Gasteiger partial charge in [-0.05, 0) is 24.6 Å². The average Bonchev–Trinajstić information content (AvgIpc) is 3.19. The minimum atomic E-state index is -0.126. The Kier molecular flexibility index (Phi) is 5.09. The van der Waals surface area contributed by atoms with Gasteiger partial charge in [0.25, 0.3) is 0 Å². The number of hydrogen-bond acceptors (Lipinski definition) is 6. The number of nitrogens with zero attached hydrogens (tertiary/aromatic N) is 3. The largest absolute Gasteiger partial charge is 0.454 e. The Labute approximate surface area is 143 Å². The first-order chi connectivity index (χ1) is 11.6. The van der Waals surface area contributed by atoms with Gasteiger partial charge in [-0.25, -0.2) is 9.78 Å². The van der Waals surface area contributed by atoms with Crippen molar-refractivity contribution in [1.29, 1.82) is 0 Å². The molecule has 0 atom stereocenters. The highest BCUT2D eigenvalue weighted by atomic mass is 32.2. The van der Waals surface area contributed by atoms with E-state index in [-0.39, 0.29) is 12.8 Å². The van der Waals surface area contributed by atoms with Crippen molar-refractivity contribution in [2.45, 2.75) is 18.6 Å². The van der Waals surface area contributed by atoms with E-state index in [0.29, 0.717) is 24.0 Å². The van der Waals surface area contributed by atoms with Crippen LogP contribution in [0, 0.1) is 6.92 Å². The lowest BCUT2D eigenvalue weighted by Crippen LogP contribution is -2.37. The fourth-order valence-electron chi connectivity index (χ4n) is 2.21. The van der Waals surface area contributed by atoms with Gasteiger partial charge in [0.2, 0.25) is 11.9 Å². The summed E-state index contributed by atoms with van der Waals surface area (Å²) in [4.78, 5) is 17.9. The monoisotopic (exact) mass is 349 g/mol. The summed E-state index contributed by atoms with van der Waals surface area (Å²) in [5.74, 6) is 2.95. The van der Waals surface area contributed by atoms with Crippen molar-refractivity contribution in [3.63, 3.8) is 0 Å². The summed E-state index contributed by atoms with van der Waals surface area (Å²) >= 11 is 1.50. The van der Waals surface area contributed by atoms with E-state index in [0.717, 1.165) is 22.9 Å². The number of carbonyl (C=O) groups excluding carboxylic acids is 1. The molecule has 2 amide bonds. The predicted octanol–water partition coefficient (Wildman–Crippen LogP) is 1.78. The molecule has 0 saturated heterocycles. The number of aryl methyl sites for hydroxylation is 1. The average molecular weight is 349 g/mol. The summed E-state index contributed by atoms with van der Waals surface area (Å²) in [6.45, 7) is 3.14. The number of carbonyl (C=O) groups is 1. The number of benzene rings is 1. The molecule has 0 bridgehead atoms. The SMILES string of the molecule is Cc1nc(SCCNC(=O)N(C)Cc2ccc3c(c2)OCO3)n[nH]1. The topological polar surface area (TPSA) is 92.4 Å². The van der Waals surface area contributed by atoms with Crippen molar-refractivity contribution < 1.29 is 14.3 Å². The predicted molar refractivity (Wildman–Crippen MR) is 89.3 cm³/mol. The Morgan fingerprint density at radius 3 is 3.04 bits per heavy atom. The molecule has 1 aromatic heterocycles. The quantitative estimate of drug-likeness (QED) is 0.610. The molecule has 0 aliphatic carbocycles. The highest BCUT2D eigenvalue weighted by Crippen LogP contribution is 2.32. The second-order valence-corrected chi connectivity index (χ2v) is 6.39. The molecule has 1 aromatic carbocycles. The van der Waals surface area contributed by atoms with Gasteiger partial charge in [0, 0.05) is 25.9 Å². The van der Waals surface area contributed by atoms with E-state index >= 15 is 0 Å². The van der Waals surface area contributed by atoms with Crippen molar-refractivity contribution in [1.82, 2.24) is 25.4 Å².